The maximum Gasteiger partial charge on any atom is 0.409 e. The molecule has 0 saturated carbocycles. The van der Waals surface area contributed by atoms with Crippen molar-refractivity contribution < 1.29 is 14.3 Å². The number of nitrogens with one attached hydrogen (secondary N) is 1. The number of hydrogen-bond donors (Lipinski definition) is 1. The van der Waals surface area contributed by atoms with Crippen LogP contribution < -0.4 is 10.2 Å². The molecule has 1 aromatic heterocycles. The molecule has 9 nitrogen and oxygen atoms in total. The highest BCUT2D eigenvalue weighted by Gasteiger charge is 2.24. The van der Waals surface area contributed by atoms with Crippen LogP contribution in [0.4, 0.5) is 16.6 Å². The van der Waals surface area contributed by atoms with E-state index in [1.54, 1.807) is 18.0 Å². The topological polar surface area (TPSA) is 90.9 Å². The number of piperazine rings is 1. The van der Waals surface area contributed by atoms with Gasteiger partial charge in [-0.05, 0) is 25.8 Å². The van der Waals surface area contributed by atoms with E-state index in [4.69, 9.17) is 4.74 Å². The average Bonchev–Trinajstić information content (AvgIpc) is 2.69. The Hall–Kier alpha value is -2.58. The molecule has 2 amide bonds. The summed E-state index contributed by atoms with van der Waals surface area (Å²) >= 11 is 0. The number of ether oxygens (including phenoxy) is 1. The summed E-state index contributed by atoms with van der Waals surface area (Å²) in [6.07, 6.45) is 3.20. The first kappa shape index (κ1) is 19.2. The molecule has 0 bridgehead atoms. The first-order valence-corrected chi connectivity index (χ1v) is 9.58. The van der Waals surface area contributed by atoms with Crippen molar-refractivity contribution in [3.63, 3.8) is 0 Å². The lowest BCUT2D eigenvalue weighted by atomic mass is 10.1. The van der Waals surface area contributed by atoms with E-state index in [9.17, 15) is 9.59 Å². The zero-order valence-electron chi connectivity index (χ0n) is 16.1. The molecule has 2 fully saturated rings. The molecule has 2 aliphatic heterocycles. The number of aromatic nitrogens is 2. The predicted molar refractivity (Wildman–Crippen MR) is 102 cm³/mol. The highest BCUT2D eigenvalue weighted by atomic mass is 16.6. The van der Waals surface area contributed by atoms with Crippen LogP contribution in [0.1, 0.15) is 26.7 Å². The maximum absolute atomic E-state index is 11.8. The van der Waals surface area contributed by atoms with E-state index in [-0.39, 0.29) is 18.0 Å². The van der Waals surface area contributed by atoms with Crippen LogP contribution in [0.3, 0.4) is 0 Å². The number of nitrogens with zero attached hydrogens (tertiary/aromatic N) is 5. The molecule has 1 aromatic rings. The van der Waals surface area contributed by atoms with Gasteiger partial charge in [0, 0.05) is 58.4 Å². The molecule has 3 heterocycles. The van der Waals surface area contributed by atoms with Gasteiger partial charge < -0.3 is 24.8 Å². The number of likely N-dealkylation sites (tertiary alicyclic amines) is 1. The van der Waals surface area contributed by atoms with Crippen LogP contribution in [0.15, 0.2) is 12.3 Å². The lowest BCUT2D eigenvalue weighted by Crippen LogP contribution is -2.48. The molecule has 27 heavy (non-hydrogen) atoms. The Morgan fingerprint density at radius 2 is 1.85 bits per heavy atom. The molecule has 148 valence electrons. The Balaban J connectivity index is 1.51. The fraction of sp³-hybridized carbons (Fsp3) is 0.667. The van der Waals surface area contributed by atoms with Gasteiger partial charge in [0.15, 0.2) is 0 Å². The van der Waals surface area contributed by atoms with Gasteiger partial charge in [-0.25, -0.2) is 9.78 Å². The number of amides is 2. The van der Waals surface area contributed by atoms with Gasteiger partial charge in [0.1, 0.15) is 5.82 Å². The van der Waals surface area contributed by atoms with Crippen LogP contribution in [0.5, 0.6) is 0 Å². The highest BCUT2D eigenvalue weighted by Crippen LogP contribution is 2.18. The van der Waals surface area contributed by atoms with Crippen LogP contribution in [0.2, 0.25) is 0 Å². The second kappa shape index (κ2) is 8.88. The molecular formula is C18H28N6O3. The molecular weight excluding hydrogens is 348 g/mol. The van der Waals surface area contributed by atoms with E-state index in [1.165, 1.54) is 0 Å². The molecule has 0 aromatic carbocycles. The van der Waals surface area contributed by atoms with Crippen LogP contribution >= 0.6 is 0 Å². The SMILES string of the molecule is CCOC(=O)N1CCC(Nc2nccc(N3CCN(C(C)=O)CC3)n2)CC1. The monoisotopic (exact) mass is 376 g/mol. The number of hydrogen-bond acceptors (Lipinski definition) is 7. The largest absolute Gasteiger partial charge is 0.450 e. The van der Waals surface area contributed by atoms with Crippen molar-refractivity contribution in [3.8, 4) is 0 Å². The Morgan fingerprint density at radius 1 is 1.15 bits per heavy atom. The summed E-state index contributed by atoms with van der Waals surface area (Å²) in [6.45, 7) is 8.14. The summed E-state index contributed by atoms with van der Waals surface area (Å²) in [5.74, 6) is 1.60. The average molecular weight is 376 g/mol. The number of rotatable bonds is 4. The van der Waals surface area contributed by atoms with E-state index < -0.39 is 0 Å². The van der Waals surface area contributed by atoms with Crippen LogP contribution in [-0.2, 0) is 9.53 Å². The lowest BCUT2D eigenvalue weighted by Gasteiger charge is -2.35. The molecule has 2 saturated heterocycles. The molecule has 0 aliphatic carbocycles. The minimum atomic E-state index is -0.237. The van der Waals surface area contributed by atoms with Gasteiger partial charge in [-0.2, -0.15) is 4.98 Å². The van der Waals surface area contributed by atoms with Gasteiger partial charge in [0.25, 0.3) is 0 Å². The Labute approximate surface area is 159 Å². The molecule has 9 heteroatoms. The fourth-order valence-corrected chi connectivity index (χ4v) is 3.45. The summed E-state index contributed by atoms with van der Waals surface area (Å²) < 4.78 is 5.05. The van der Waals surface area contributed by atoms with Crippen molar-refractivity contribution in [2.75, 3.05) is 56.1 Å². The predicted octanol–water partition coefficient (Wildman–Crippen LogP) is 1.18. The van der Waals surface area contributed by atoms with Crippen molar-refractivity contribution >= 4 is 23.8 Å². The van der Waals surface area contributed by atoms with Crippen molar-refractivity contribution in [1.29, 1.82) is 0 Å². The van der Waals surface area contributed by atoms with Gasteiger partial charge in [0.05, 0.1) is 6.61 Å². The Bertz CT molecular complexity index is 654. The van der Waals surface area contributed by atoms with Gasteiger partial charge in [-0.1, -0.05) is 0 Å². The first-order valence-electron chi connectivity index (χ1n) is 9.58. The fourth-order valence-electron chi connectivity index (χ4n) is 3.45. The smallest absolute Gasteiger partial charge is 0.409 e. The van der Waals surface area contributed by atoms with Crippen LogP contribution in [0.25, 0.3) is 0 Å². The first-order chi connectivity index (χ1) is 13.1. The third kappa shape index (κ3) is 4.99. The van der Waals surface area contributed by atoms with E-state index >= 15 is 0 Å². The standard InChI is InChI=1S/C18H28N6O3/c1-3-27-18(26)24-8-5-15(6-9-24)20-17-19-7-4-16(21-17)23-12-10-22(11-13-23)14(2)25/h4,7,15H,3,5-6,8-13H2,1-2H3,(H,19,20,21). The van der Waals surface area contributed by atoms with E-state index in [1.807, 2.05) is 17.9 Å². The number of anilines is 2. The van der Waals surface area contributed by atoms with Crippen molar-refractivity contribution in [2.45, 2.75) is 32.7 Å². The summed E-state index contributed by atoms with van der Waals surface area (Å²) in [7, 11) is 0. The van der Waals surface area contributed by atoms with Crippen molar-refractivity contribution in [1.82, 2.24) is 19.8 Å². The van der Waals surface area contributed by atoms with Gasteiger partial charge in [0.2, 0.25) is 11.9 Å². The second-order valence-electron chi connectivity index (χ2n) is 6.84. The molecule has 3 rings (SSSR count). The van der Waals surface area contributed by atoms with Gasteiger partial charge in [-0.15, -0.1) is 0 Å². The van der Waals surface area contributed by atoms with E-state index in [0.717, 1.165) is 31.7 Å². The lowest BCUT2D eigenvalue weighted by molar-refractivity contribution is -0.129. The third-order valence-electron chi connectivity index (χ3n) is 5.04. The molecule has 0 spiro atoms. The third-order valence-corrected chi connectivity index (χ3v) is 5.04. The number of carbonyl (C=O) groups excluding carboxylic acids is 2. The Morgan fingerprint density at radius 3 is 2.48 bits per heavy atom. The molecule has 0 radical (unpaired) electrons. The minimum absolute atomic E-state index is 0.119. The maximum atomic E-state index is 11.8. The van der Waals surface area contributed by atoms with Crippen molar-refractivity contribution in [3.05, 3.63) is 12.3 Å². The second-order valence-corrected chi connectivity index (χ2v) is 6.84. The minimum Gasteiger partial charge on any atom is -0.450 e. The number of piperidine rings is 1. The molecule has 0 atom stereocenters. The van der Waals surface area contributed by atoms with Gasteiger partial charge in [-0.3, -0.25) is 4.79 Å². The summed E-state index contributed by atoms with van der Waals surface area (Å²) in [5, 5.41) is 3.39. The van der Waals surface area contributed by atoms with Gasteiger partial charge >= 0.3 is 6.09 Å². The van der Waals surface area contributed by atoms with Crippen LogP contribution in [-0.4, -0.2) is 83.7 Å². The molecule has 1 N–H and O–H groups in total. The molecule has 0 unspecified atom stereocenters. The Kier molecular flexibility index (Phi) is 6.31. The van der Waals surface area contributed by atoms with E-state index in [0.29, 0.717) is 38.7 Å². The highest BCUT2D eigenvalue weighted by molar-refractivity contribution is 5.73. The summed E-state index contributed by atoms with van der Waals surface area (Å²) in [5.41, 5.74) is 0. The molecule has 2 aliphatic rings. The quantitative estimate of drug-likeness (QED) is 0.844. The van der Waals surface area contributed by atoms with Crippen LogP contribution in [0, 0.1) is 0 Å². The summed E-state index contributed by atoms with van der Waals surface area (Å²) in [4.78, 5) is 38.0. The van der Waals surface area contributed by atoms with Crippen molar-refractivity contribution in [2.24, 2.45) is 0 Å². The normalized spacial score (nSPS) is 18.4. The summed E-state index contributed by atoms with van der Waals surface area (Å²) in [6, 6.07) is 2.14. The zero-order chi connectivity index (χ0) is 19.2. The van der Waals surface area contributed by atoms with E-state index in [2.05, 4.69) is 20.2 Å². The zero-order valence-corrected chi connectivity index (χ0v) is 16.1. The number of carbonyl (C=O) groups is 2.